The number of hydrogen-bond acceptors (Lipinski definition) is 9. The van der Waals surface area contributed by atoms with Crippen molar-refractivity contribution in [1.82, 2.24) is 0 Å². The highest BCUT2D eigenvalue weighted by Crippen LogP contribution is 2.82. The second-order valence-electron chi connectivity index (χ2n) is 14.6. The van der Waals surface area contributed by atoms with E-state index < -0.39 is 47.4 Å². The first-order chi connectivity index (χ1) is 19.9. The molecule has 0 aromatic rings. The monoisotopic (exact) mass is 578 g/mol. The highest BCUT2D eigenvalue weighted by atomic mass is 16.6. The molecule has 0 bridgehead atoms. The molecule has 0 unspecified atom stereocenters. The van der Waals surface area contributed by atoms with Crippen molar-refractivity contribution in [1.29, 1.82) is 0 Å². The van der Waals surface area contributed by atoms with Crippen LogP contribution in [0.2, 0.25) is 0 Å². The van der Waals surface area contributed by atoms with Crippen molar-refractivity contribution in [3.63, 3.8) is 0 Å². The summed E-state index contributed by atoms with van der Waals surface area (Å²) in [5.74, 6) is -1.61. The summed E-state index contributed by atoms with van der Waals surface area (Å²) in [6.07, 6.45) is 1.78. The van der Waals surface area contributed by atoms with Crippen LogP contribution in [0.1, 0.15) is 53.4 Å². The van der Waals surface area contributed by atoms with Gasteiger partial charge in [-0.3, -0.25) is 9.59 Å². The van der Waals surface area contributed by atoms with Crippen LogP contribution in [0, 0.1) is 58.2 Å². The van der Waals surface area contributed by atoms with E-state index in [0.29, 0.717) is 31.3 Å². The van der Waals surface area contributed by atoms with E-state index in [4.69, 9.17) is 14.2 Å². The molecule has 2 N–H and O–H groups in total. The molecular formula is C33H38O9. The Balaban J connectivity index is 1.40. The summed E-state index contributed by atoms with van der Waals surface area (Å²) in [5.41, 5.74) is 1.12. The predicted octanol–water partition coefficient (Wildman–Crippen LogP) is 2.45. The molecule has 9 heteroatoms. The van der Waals surface area contributed by atoms with Gasteiger partial charge in [0.1, 0.15) is 11.7 Å². The lowest BCUT2D eigenvalue weighted by molar-refractivity contribution is -0.179. The van der Waals surface area contributed by atoms with Crippen molar-refractivity contribution in [2.45, 2.75) is 65.1 Å². The predicted molar refractivity (Wildman–Crippen MR) is 145 cm³/mol. The van der Waals surface area contributed by atoms with E-state index in [1.807, 2.05) is 6.92 Å². The number of carbonyl (C=O) groups excluding carboxylic acids is 4. The van der Waals surface area contributed by atoms with Gasteiger partial charge >= 0.3 is 17.9 Å². The molecule has 224 valence electrons. The van der Waals surface area contributed by atoms with Gasteiger partial charge in [-0.05, 0) is 84.7 Å². The minimum absolute atomic E-state index is 0.105. The highest BCUT2D eigenvalue weighted by molar-refractivity contribution is 6.09. The first kappa shape index (κ1) is 26.8. The molecule has 5 fully saturated rings. The molecule has 1 aliphatic heterocycles. The third-order valence-electron chi connectivity index (χ3n) is 13.5. The van der Waals surface area contributed by atoms with Gasteiger partial charge in [0.2, 0.25) is 0 Å². The van der Waals surface area contributed by atoms with E-state index in [9.17, 15) is 29.4 Å². The Hall–Kier alpha value is -2.78. The van der Waals surface area contributed by atoms with Crippen molar-refractivity contribution >= 4 is 23.7 Å². The largest absolute Gasteiger partial charge is 0.466 e. The number of esters is 3. The molecule has 12 atom stereocenters. The molecule has 8 rings (SSSR count). The van der Waals surface area contributed by atoms with Crippen molar-refractivity contribution < 1.29 is 43.6 Å². The van der Waals surface area contributed by atoms with Gasteiger partial charge in [-0.25, -0.2) is 9.59 Å². The molecule has 1 spiro atoms. The fourth-order valence-corrected chi connectivity index (χ4v) is 11.7. The van der Waals surface area contributed by atoms with Crippen molar-refractivity contribution in [3.8, 4) is 0 Å². The second kappa shape index (κ2) is 8.03. The zero-order valence-electron chi connectivity index (χ0n) is 24.7. The summed E-state index contributed by atoms with van der Waals surface area (Å²) in [7, 11) is 1.27. The lowest BCUT2D eigenvalue weighted by Gasteiger charge is -2.63. The number of hydrogen-bond donors (Lipinski definition) is 2. The molecule has 9 nitrogen and oxygen atoms in total. The van der Waals surface area contributed by atoms with Gasteiger partial charge < -0.3 is 24.4 Å². The Labute approximate surface area is 244 Å². The number of rotatable bonds is 4. The van der Waals surface area contributed by atoms with Crippen LogP contribution in [0.5, 0.6) is 0 Å². The molecule has 0 saturated heterocycles. The van der Waals surface area contributed by atoms with E-state index in [-0.39, 0.29) is 57.7 Å². The molecule has 8 aliphatic rings. The number of carbonyl (C=O) groups is 4. The first-order valence-electron chi connectivity index (χ1n) is 15.3. The maximum Gasteiger partial charge on any atom is 0.337 e. The fraction of sp³-hybridized carbons (Fsp3) is 0.697. The van der Waals surface area contributed by atoms with Crippen LogP contribution < -0.4 is 0 Å². The SMILES string of the molecule is COC(=O)/C(C)=C1\C(=O)[C@H](O)[C@]2(C)C3=C(C[C@@H]4[C@@]5(OC(=O)C(CO)=C5C[C@H]5[C@H](COC(C)=O)[C@H]6C[C@H]6[C@]45C)[C@@H]31)[C@H]1C[C@H]12. The maximum atomic E-state index is 14.3. The van der Waals surface area contributed by atoms with Crippen LogP contribution in [0.25, 0.3) is 0 Å². The zero-order chi connectivity index (χ0) is 29.8. The van der Waals surface area contributed by atoms with Gasteiger partial charge in [-0.1, -0.05) is 19.4 Å². The standard InChI is InChI=1S/C33H38O9/c1-12(29(38)40-5)24-26-25-16(14-6-20(14)32(25,4)28(37)27(24)36)8-23-31(3)19-7-15(19)18(11-41-13(2)35)21(31)9-22-17(10-34)30(39)42-33(22,23)26/h14-15,18-21,23,26,28,34,37H,6-11H2,1-5H3/b24-12-/t14-,15-,18-,19-,20-,21+,23+,26-,28+,31+,32+,33-/m1/s1. The lowest BCUT2D eigenvalue weighted by Crippen LogP contribution is -2.66. The van der Waals surface area contributed by atoms with Crippen LogP contribution in [0.4, 0.5) is 0 Å². The van der Waals surface area contributed by atoms with Gasteiger partial charge in [0.25, 0.3) is 0 Å². The van der Waals surface area contributed by atoms with E-state index >= 15 is 0 Å². The van der Waals surface area contributed by atoms with Gasteiger partial charge in [0.05, 0.1) is 31.8 Å². The summed E-state index contributed by atoms with van der Waals surface area (Å²) < 4.78 is 17.3. The molecule has 42 heavy (non-hydrogen) atoms. The highest BCUT2D eigenvalue weighted by Gasteiger charge is 2.81. The number of aliphatic hydroxyl groups excluding tert-OH is 2. The van der Waals surface area contributed by atoms with Crippen LogP contribution >= 0.6 is 0 Å². The van der Waals surface area contributed by atoms with Crippen molar-refractivity contribution in [2.75, 3.05) is 20.3 Å². The normalized spacial score (nSPS) is 49.7. The summed E-state index contributed by atoms with van der Waals surface area (Å²) in [6, 6.07) is 0. The Kier molecular flexibility index (Phi) is 5.13. The fourth-order valence-electron chi connectivity index (χ4n) is 11.7. The Morgan fingerprint density at radius 2 is 1.81 bits per heavy atom. The second-order valence-corrected chi connectivity index (χ2v) is 14.6. The Bertz CT molecular complexity index is 1500. The smallest absolute Gasteiger partial charge is 0.337 e. The number of ether oxygens (including phenoxy) is 3. The van der Waals surface area contributed by atoms with Crippen LogP contribution in [-0.4, -0.2) is 65.9 Å². The van der Waals surface area contributed by atoms with Crippen molar-refractivity contribution in [3.05, 3.63) is 33.4 Å². The van der Waals surface area contributed by atoms with Gasteiger partial charge in [-0.15, -0.1) is 0 Å². The first-order valence-corrected chi connectivity index (χ1v) is 15.3. The molecule has 0 amide bonds. The molecule has 0 aromatic carbocycles. The molecule has 1 heterocycles. The van der Waals surface area contributed by atoms with Crippen LogP contribution in [0.3, 0.4) is 0 Å². The molecule has 7 aliphatic carbocycles. The summed E-state index contributed by atoms with van der Waals surface area (Å²) in [6.45, 7) is 7.09. The van der Waals surface area contributed by atoms with Gasteiger partial charge in [0.15, 0.2) is 5.78 Å². The molecule has 0 radical (unpaired) electrons. The van der Waals surface area contributed by atoms with E-state index in [1.54, 1.807) is 6.92 Å². The summed E-state index contributed by atoms with van der Waals surface area (Å²) in [4.78, 5) is 52.8. The number of ketones is 1. The maximum absolute atomic E-state index is 14.3. The van der Waals surface area contributed by atoms with E-state index in [1.165, 1.54) is 19.6 Å². The third kappa shape index (κ3) is 2.75. The van der Waals surface area contributed by atoms with E-state index in [0.717, 1.165) is 24.0 Å². The average Bonchev–Trinajstić information content (AvgIpc) is 3.86. The third-order valence-corrected chi connectivity index (χ3v) is 13.5. The minimum Gasteiger partial charge on any atom is -0.466 e. The summed E-state index contributed by atoms with van der Waals surface area (Å²) >= 11 is 0. The van der Waals surface area contributed by atoms with Crippen LogP contribution in [0.15, 0.2) is 33.4 Å². The van der Waals surface area contributed by atoms with Gasteiger partial charge in [-0.2, -0.15) is 0 Å². The number of methoxy groups -OCH3 is 1. The molecular weight excluding hydrogens is 540 g/mol. The summed E-state index contributed by atoms with van der Waals surface area (Å²) in [5, 5.41) is 22.2. The molecule has 5 saturated carbocycles. The minimum atomic E-state index is -1.31. The number of fused-ring (bicyclic) bond motifs is 7. The number of allylic oxidation sites excluding steroid dienone is 1. The number of aliphatic hydroxyl groups is 2. The zero-order valence-corrected chi connectivity index (χ0v) is 24.7. The topological polar surface area (TPSA) is 136 Å². The average molecular weight is 579 g/mol. The lowest BCUT2D eigenvalue weighted by atomic mass is 9.42. The quantitative estimate of drug-likeness (QED) is 0.223. The Morgan fingerprint density at radius 1 is 1.07 bits per heavy atom. The van der Waals surface area contributed by atoms with Crippen LogP contribution in [-0.2, 0) is 33.4 Å². The molecule has 0 aromatic heterocycles. The Morgan fingerprint density at radius 3 is 2.48 bits per heavy atom. The van der Waals surface area contributed by atoms with Gasteiger partial charge in [0, 0.05) is 29.4 Å². The number of Topliss-reactive ketones (excluding diaryl/α,β-unsaturated/α-hetero) is 1. The van der Waals surface area contributed by atoms with Crippen molar-refractivity contribution in [2.24, 2.45) is 58.2 Å². The van der Waals surface area contributed by atoms with E-state index in [2.05, 4.69) is 6.92 Å².